The normalized spacial score (nSPS) is 13.0. The Balaban J connectivity index is 1.70. The van der Waals surface area contributed by atoms with E-state index in [0.29, 0.717) is 38.7 Å². The molecular weight excluding hydrogens is 381 g/mol. The molecule has 0 saturated carbocycles. The van der Waals surface area contributed by atoms with Gasteiger partial charge in [0, 0.05) is 27.6 Å². The van der Waals surface area contributed by atoms with Crippen molar-refractivity contribution < 1.29 is 18.8 Å². The first-order valence-corrected chi connectivity index (χ1v) is 9.36. The van der Waals surface area contributed by atoms with Gasteiger partial charge in [0.2, 0.25) is 0 Å². The molecule has 1 aliphatic heterocycles. The summed E-state index contributed by atoms with van der Waals surface area (Å²) in [6.45, 7) is 0. The molecule has 0 spiro atoms. The Morgan fingerprint density at radius 3 is 2.07 bits per heavy atom. The van der Waals surface area contributed by atoms with E-state index >= 15 is 0 Å². The lowest BCUT2D eigenvalue weighted by molar-refractivity contribution is 0.0892. The van der Waals surface area contributed by atoms with Crippen molar-refractivity contribution >= 4 is 34.1 Å². The predicted octanol–water partition coefficient (Wildman–Crippen LogP) is 5.01. The number of benzene rings is 4. The third-order valence-electron chi connectivity index (χ3n) is 5.27. The highest BCUT2D eigenvalue weighted by Crippen LogP contribution is 2.35. The molecule has 5 heteroatoms. The first-order chi connectivity index (χ1) is 14.6. The lowest BCUT2D eigenvalue weighted by Gasteiger charge is -2.27. The number of hydrogen-bond donors (Lipinski definition) is 0. The molecule has 0 radical (unpaired) electrons. The minimum atomic E-state index is -0.506. The standard InChI is InChI=1S/C25H14FNO3/c26-16-9-11-17(12-10-16)27-24(29)20-8-4-7-18-19(13-14-21(22(18)20)25(27)30)23(28)15-5-2-1-3-6-15/h1-14H. The first-order valence-electron chi connectivity index (χ1n) is 9.36. The molecule has 5 rings (SSSR count). The van der Waals surface area contributed by atoms with Gasteiger partial charge in [-0.2, -0.15) is 0 Å². The fourth-order valence-electron chi connectivity index (χ4n) is 3.86. The number of halogens is 1. The largest absolute Gasteiger partial charge is 0.289 e. The second kappa shape index (κ2) is 6.74. The Labute approximate surface area is 171 Å². The number of anilines is 1. The van der Waals surface area contributed by atoms with Crippen LogP contribution in [0.25, 0.3) is 10.8 Å². The summed E-state index contributed by atoms with van der Waals surface area (Å²) in [5.74, 6) is -1.65. The van der Waals surface area contributed by atoms with Crippen molar-refractivity contribution in [3.8, 4) is 0 Å². The topological polar surface area (TPSA) is 54.5 Å². The van der Waals surface area contributed by atoms with Crippen LogP contribution >= 0.6 is 0 Å². The highest BCUT2D eigenvalue weighted by molar-refractivity contribution is 6.37. The van der Waals surface area contributed by atoms with E-state index in [4.69, 9.17) is 0 Å². The maximum atomic E-state index is 13.3. The van der Waals surface area contributed by atoms with Crippen molar-refractivity contribution in [2.45, 2.75) is 0 Å². The van der Waals surface area contributed by atoms with Crippen LogP contribution in [0, 0.1) is 5.82 Å². The second-order valence-corrected chi connectivity index (χ2v) is 7.01. The van der Waals surface area contributed by atoms with Gasteiger partial charge in [0.1, 0.15) is 5.82 Å². The van der Waals surface area contributed by atoms with Crippen LogP contribution in [-0.2, 0) is 0 Å². The molecule has 4 aromatic carbocycles. The smallest absolute Gasteiger partial charge is 0.265 e. The van der Waals surface area contributed by atoms with Crippen LogP contribution in [0.5, 0.6) is 0 Å². The van der Waals surface area contributed by atoms with E-state index in [1.54, 1.807) is 54.6 Å². The van der Waals surface area contributed by atoms with E-state index in [-0.39, 0.29) is 5.78 Å². The van der Waals surface area contributed by atoms with Crippen molar-refractivity contribution in [2.24, 2.45) is 0 Å². The number of carbonyl (C=O) groups excluding carboxylic acids is 3. The molecule has 144 valence electrons. The summed E-state index contributed by atoms with van der Waals surface area (Å²) in [6, 6.07) is 22.3. The van der Waals surface area contributed by atoms with Crippen LogP contribution in [0.15, 0.2) is 84.9 Å². The monoisotopic (exact) mass is 395 g/mol. The zero-order valence-corrected chi connectivity index (χ0v) is 15.6. The minimum Gasteiger partial charge on any atom is -0.289 e. The lowest BCUT2D eigenvalue weighted by Crippen LogP contribution is -2.40. The van der Waals surface area contributed by atoms with Gasteiger partial charge in [-0.25, -0.2) is 9.29 Å². The molecule has 0 aromatic heterocycles. The Morgan fingerprint density at radius 1 is 0.700 bits per heavy atom. The molecule has 1 aliphatic rings. The number of carbonyl (C=O) groups is 3. The number of nitrogens with zero attached hydrogens (tertiary/aromatic N) is 1. The molecule has 4 nitrogen and oxygen atoms in total. The van der Waals surface area contributed by atoms with Gasteiger partial charge in [-0.05, 0) is 47.9 Å². The van der Waals surface area contributed by atoms with Gasteiger partial charge in [0.15, 0.2) is 5.78 Å². The molecule has 4 aromatic rings. The fraction of sp³-hybridized carbons (Fsp3) is 0. The molecule has 0 N–H and O–H groups in total. The zero-order valence-electron chi connectivity index (χ0n) is 15.6. The Kier molecular flexibility index (Phi) is 4.03. The van der Waals surface area contributed by atoms with Crippen LogP contribution in [0.4, 0.5) is 10.1 Å². The maximum Gasteiger partial charge on any atom is 0.265 e. The van der Waals surface area contributed by atoms with E-state index < -0.39 is 17.6 Å². The second-order valence-electron chi connectivity index (χ2n) is 7.01. The minimum absolute atomic E-state index is 0.180. The van der Waals surface area contributed by atoms with Gasteiger partial charge in [-0.3, -0.25) is 14.4 Å². The van der Waals surface area contributed by atoms with Crippen LogP contribution < -0.4 is 4.90 Å². The fourth-order valence-corrected chi connectivity index (χ4v) is 3.86. The molecule has 0 fully saturated rings. The number of amides is 2. The van der Waals surface area contributed by atoms with Crippen LogP contribution in [0.2, 0.25) is 0 Å². The van der Waals surface area contributed by atoms with Crippen molar-refractivity contribution in [1.82, 2.24) is 0 Å². The van der Waals surface area contributed by atoms with Gasteiger partial charge in [0.25, 0.3) is 11.8 Å². The van der Waals surface area contributed by atoms with E-state index in [1.807, 2.05) is 6.07 Å². The quantitative estimate of drug-likeness (QED) is 0.362. The SMILES string of the molecule is O=C(c1ccccc1)c1ccc2c3c(cccc13)C(=O)N(c1ccc(F)cc1)C2=O. The average molecular weight is 395 g/mol. The summed E-state index contributed by atoms with van der Waals surface area (Å²) in [5, 5.41) is 1.02. The van der Waals surface area contributed by atoms with Crippen molar-refractivity contribution in [1.29, 1.82) is 0 Å². The Hall–Kier alpha value is -4.12. The molecule has 0 unspecified atom stereocenters. The first kappa shape index (κ1) is 17.9. The summed E-state index contributed by atoms with van der Waals surface area (Å²) in [5.41, 5.74) is 1.90. The van der Waals surface area contributed by atoms with Crippen molar-refractivity contribution in [3.05, 3.63) is 113 Å². The van der Waals surface area contributed by atoms with Gasteiger partial charge in [0.05, 0.1) is 5.69 Å². The van der Waals surface area contributed by atoms with E-state index in [1.165, 1.54) is 24.3 Å². The van der Waals surface area contributed by atoms with Gasteiger partial charge >= 0.3 is 0 Å². The lowest BCUT2D eigenvalue weighted by atomic mass is 9.88. The summed E-state index contributed by atoms with van der Waals surface area (Å²) in [6.07, 6.45) is 0. The highest BCUT2D eigenvalue weighted by Gasteiger charge is 2.34. The Morgan fingerprint density at radius 2 is 1.37 bits per heavy atom. The van der Waals surface area contributed by atoms with Crippen LogP contribution in [0.3, 0.4) is 0 Å². The highest BCUT2D eigenvalue weighted by atomic mass is 19.1. The molecule has 1 heterocycles. The van der Waals surface area contributed by atoms with Crippen molar-refractivity contribution in [2.75, 3.05) is 4.90 Å². The third kappa shape index (κ3) is 2.63. The molecule has 2 amide bonds. The number of imide groups is 1. The molecule has 0 atom stereocenters. The molecule has 0 aliphatic carbocycles. The summed E-state index contributed by atoms with van der Waals surface area (Å²) in [7, 11) is 0. The van der Waals surface area contributed by atoms with Gasteiger partial charge in [-0.1, -0.05) is 42.5 Å². The molecular formula is C25H14FNO3. The van der Waals surface area contributed by atoms with E-state index in [0.717, 1.165) is 4.90 Å². The predicted molar refractivity (Wildman–Crippen MR) is 111 cm³/mol. The maximum absolute atomic E-state index is 13.3. The van der Waals surface area contributed by atoms with E-state index in [2.05, 4.69) is 0 Å². The van der Waals surface area contributed by atoms with Crippen LogP contribution in [-0.4, -0.2) is 17.6 Å². The summed E-state index contributed by atoms with van der Waals surface area (Å²) in [4.78, 5) is 40.4. The number of rotatable bonds is 3. The number of ketones is 1. The average Bonchev–Trinajstić information content (AvgIpc) is 2.78. The van der Waals surface area contributed by atoms with E-state index in [9.17, 15) is 18.8 Å². The van der Waals surface area contributed by atoms with Gasteiger partial charge in [-0.15, -0.1) is 0 Å². The summed E-state index contributed by atoms with van der Waals surface area (Å²) >= 11 is 0. The van der Waals surface area contributed by atoms with Crippen molar-refractivity contribution in [3.63, 3.8) is 0 Å². The zero-order chi connectivity index (χ0) is 20.8. The molecule has 30 heavy (non-hydrogen) atoms. The van der Waals surface area contributed by atoms with Gasteiger partial charge < -0.3 is 0 Å². The third-order valence-corrected chi connectivity index (χ3v) is 5.27. The number of hydrogen-bond acceptors (Lipinski definition) is 3. The van der Waals surface area contributed by atoms with Crippen LogP contribution in [0.1, 0.15) is 36.6 Å². The summed E-state index contributed by atoms with van der Waals surface area (Å²) < 4.78 is 13.3. The molecule has 0 saturated heterocycles. The molecule has 0 bridgehead atoms. The Bertz CT molecular complexity index is 1320.